The molecule has 2 fully saturated rings. The minimum Gasteiger partial charge on any atom is -0.379 e. The lowest BCUT2D eigenvalue weighted by Gasteiger charge is -2.26. The van der Waals surface area contributed by atoms with Crippen LogP contribution in [0.2, 0.25) is 0 Å². The lowest BCUT2D eigenvalue weighted by molar-refractivity contribution is 0.0342. The molecule has 2 aliphatic rings. The molecule has 0 saturated carbocycles. The van der Waals surface area contributed by atoms with Gasteiger partial charge in [0.05, 0.1) is 26.4 Å². The summed E-state index contributed by atoms with van der Waals surface area (Å²) in [6.07, 6.45) is 3.95. The van der Waals surface area contributed by atoms with Gasteiger partial charge in [-0.15, -0.1) is 0 Å². The third-order valence-corrected chi connectivity index (χ3v) is 3.24. The first kappa shape index (κ1) is 19.8. The molecule has 0 aromatic rings. The number of rotatable bonds is 6. The molecule has 2 aliphatic heterocycles. The molecule has 2 heterocycles. The smallest absolute Gasteiger partial charge is 0.0594 e. The van der Waals surface area contributed by atoms with Crippen molar-refractivity contribution in [3.8, 4) is 0 Å². The summed E-state index contributed by atoms with van der Waals surface area (Å²) in [6, 6.07) is 0. The topological polar surface area (TPSA) is 45.8 Å². The van der Waals surface area contributed by atoms with E-state index in [9.17, 15) is 0 Å². The van der Waals surface area contributed by atoms with Crippen LogP contribution in [-0.4, -0.2) is 70.7 Å². The van der Waals surface area contributed by atoms with Gasteiger partial charge >= 0.3 is 0 Å². The molecule has 122 valence electrons. The molecule has 0 spiro atoms. The zero-order valence-electron chi connectivity index (χ0n) is 12.5. The number of hydrogen-bond acceptors (Lipinski definition) is 5. The van der Waals surface area contributed by atoms with Crippen molar-refractivity contribution in [3.05, 3.63) is 0 Å². The van der Waals surface area contributed by atoms with Crippen LogP contribution in [0, 0.1) is 0 Å². The van der Waals surface area contributed by atoms with Gasteiger partial charge in [-0.1, -0.05) is 27.2 Å². The zero-order chi connectivity index (χ0) is 13.6. The molecule has 0 aromatic carbocycles. The molecular weight excluding hydrogens is 254 g/mol. The number of morpholine rings is 2. The van der Waals surface area contributed by atoms with Crippen LogP contribution >= 0.6 is 0 Å². The summed E-state index contributed by atoms with van der Waals surface area (Å²) in [7, 11) is 0. The van der Waals surface area contributed by atoms with Gasteiger partial charge in [0.1, 0.15) is 0 Å². The Morgan fingerprint density at radius 2 is 1.65 bits per heavy atom. The van der Waals surface area contributed by atoms with Gasteiger partial charge in [0, 0.05) is 32.8 Å². The molecule has 2 rings (SSSR count). The van der Waals surface area contributed by atoms with Crippen molar-refractivity contribution >= 4 is 0 Å². The molecule has 0 radical (unpaired) electrons. The van der Waals surface area contributed by atoms with Crippen molar-refractivity contribution in [2.75, 3.05) is 65.8 Å². The van der Waals surface area contributed by atoms with E-state index in [1.807, 2.05) is 0 Å². The van der Waals surface area contributed by atoms with Gasteiger partial charge in [0.2, 0.25) is 0 Å². The minimum absolute atomic E-state index is 0. The van der Waals surface area contributed by atoms with Gasteiger partial charge in [0.15, 0.2) is 0 Å². The highest BCUT2D eigenvalue weighted by molar-refractivity contribution is 4.60. The second kappa shape index (κ2) is 15.2. The molecule has 5 heteroatoms. The van der Waals surface area contributed by atoms with Crippen LogP contribution in [-0.2, 0) is 9.47 Å². The molecule has 0 aliphatic carbocycles. The Morgan fingerprint density at radius 3 is 2.15 bits per heavy atom. The molecule has 20 heavy (non-hydrogen) atoms. The maximum atomic E-state index is 5.28. The summed E-state index contributed by atoms with van der Waals surface area (Å²) >= 11 is 0. The highest BCUT2D eigenvalue weighted by Crippen LogP contribution is 1.95. The average Bonchev–Trinajstić information content (AvgIpc) is 2.51. The SMILES string of the molecule is C.C1COCCN1.CCCCCNCN1CCOCC1. The van der Waals surface area contributed by atoms with Gasteiger partial charge in [-0.05, 0) is 13.0 Å². The van der Waals surface area contributed by atoms with Crippen LogP contribution in [0.1, 0.15) is 33.6 Å². The number of nitrogens with zero attached hydrogens (tertiary/aromatic N) is 1. The molecule has 0 atom stereocenters. The van der Waals surface area contributed by atoms with E-state index in [0.717, 1.165) is 65.8 Å². The van der Waals surface area contributed by atoms with E-state index >= 15 is 0 Å². The predicted octanol–water partition coefficient (Wildman–Crippen LogP) is 1.30. The second-order valence-corrected chi connectivity index (χ2v) is 4.96. The summed E-state index contributed by atoms with van der Waals surface area (Å²) in [5.74, 6) is 0. The summed E-state index contributed by atoms with van der Waals surface area (Å²) < 4.78 is 10.3. The van der Waals surface area contributed by atoms with E-state index in [0.29, 0.717) is 0 Å². The van der Waals surface area contributed by atoms with Gasteiger partial charge < -0.3 is 20.1 Å². The highest BCUT2D eigenvalue weighted by Gasteiger charge is 2.08. The monoisotopic (exact) mass is 289 g/mol. The van der Waals surface area contributed by atoms with Gasteiger partial charge in [-0.25, -0.2) is 0 Å². The Bertz CT molecular complexity index is 172. The summed E-state index contributed by atoms with van der Waals surface area (Å²) in [6.45, 7) is 12.2. The average molecular weight is 289 g/mol. The summed E-state index contributed by atoms with van der Waals surface area (Å²) in [5, 5.41) is 6.62. The van der Waals surface area contributed by atoms with E-state index in [4.69, 9.17) is 9.47 Å². The van der Waals surface area contributed by atoms with Crippen molar-refractivity contribution < 1.29 is 9.47 Å². The van der Waals surface area contributed by atoms with Crippen LogP contribution in [0.3, 0.4) is 0 Å². The lowest BCUT2D eigenvalue weighted by Crippen LogP contribution is -2.42. The first-order valence-corrected chi connectivity index (χ1v) is 7.72. The van der Waals surface area contributed by atoms with Crippen molar-refractivity contribution in [1.29, 1.82) is 0 Å². The van der Waals surface area contributed by atoms with Crippen molar-refractivity contribution in [2.24, 2.45) is 0 Å². The molecule has 2 saturated heterocycles. The molecule has 2 N–H and O–H groups in total. The molecule has 0 amide bonds. The molecular formula is C15H35N3O2. The number of unbranched alkanes of at least 4 members (excludes halogenated alkanes) is 2. The normalized spacial score (nSPS) is 19.6. The van der Waals surface area contributed by atoms with E-state index in [1.165, 1.54) is 19.3 Å². The number of ether oxygens (including phenoxy) is 2. The number of nitrogens with one attached hydrogen (secondary N) is 2. The number of hydrogen-bond donors (Lipinski definition) is 2. The minimum atomic E-state index is 0. The van der Waals surface area contributed by atoms with Crippen molar-refractivity contribution in [1.82, 2.24) is 15.5 Å². The maximum Gasteiger partial charge on any atom is 0.0594 e. The first-order chi connectivity index (χ1) is 9.43. The fourth-order valence-corrected chi connectivity index (χ4v) is 2.01. The fraction of sp³-hybridized carbons (Fsp3) is 1.00. The zero-order valence-corrected chi connectivity index (χ0v) is 12.5. The summed E-state index contributed by atoms with van der Waals surface area (Å²) in [5.41, 5.74) is 0. The van der Waals surface area contributed by atoms with Gasteiger partial charge in [-0.3, -0.25) is 4.90 Å². The Balaban J connectivity index is 0.000000434. The second-order valence-electron chi connectivity index (χ2n) is 4.96. The molecule has 0 aromatic heterocycles. The van der Waals surface area contributed by atoms with Gasteiger partial charge in [-0.2, -0.15) is 0 Å². The maximum absolute atomic E-state index is 5.28. The third-order valence-electron chi connectivity index (χ3n) is 3.24. The Labute approximate surface area is 125 Å². The largest absolute Gasteiger partial charge is 0.379 e. The Kier molecular flexibility index (Phi) is 15.0. The van der Waals surface area contributed by atoms with E-state index in [-0.39, 0.29) is 7.43 Å². The van der Waals surface area contributed by atoms with Crippen LogP contribution in [0.15, 0.2) is 0 Å². The van der Waals surface area contributed by atoms with Crippen LogP contribution in [0.5, 0.6) is 0 Å². The fourth-order valence-electron chi connectivity index (χ4n) is 2.01. The van der Waals surface area contributed by atoms with E-state index < -0.39 is 0 Å². The molecule has 0 bridgehead atoms. The Morgan fingerprint density at radius 1 is 1.00 bits per heavy atom. The molecule has 5 nitrogen and oxygen atoms in total. The van der Waals surface area contributed by atoms with Crippen molar-refractivity contribution in [2.45, 2.75) is 33.6 Å². The van der Waals surface area contributed by atoms with Crippen LogP contribution in [0.4, 0.5) is 0 Å². The lowest BCUT2D eigenvalue weighted by atomic mass is 10.2. The first-order valence-electron chi connectivity index (χ1n) is 7.72. The Hall–Kier alpha value is -0.200. The molecule has 0 unspecified atom stereocenters. The van der Waals surface area contributed by atoms with Crippen LogP contribution < -0.4 is 10.6 Å². The van der Waals surface area contributed by atoms with E-state index in [2.05, 4.69) is 22.5 Å². The quantitative estimate of drug-likeness (QED) is 0.722. The van der Waals surface area contributed by atoms with Gasteiger partial charge in [0.25, 0.3) is 0 Å². The summed E-state index contributed by atoms with van der Waals surface area (Å²) in [4.78, 5) is 2.41. The highest BCUT2D eigenvalue weighted by atomic mass is 16.5. The van der Waals surface area contributed by atoms with E-state index in [1.54, 1.807) is 0 Å². The third kappa shape index (κ3) is 11.6. The van der Waals surface area contributed by atoms with Crippen LogP contribution in [0.25, 0.3) is 0 Å². The van der Waals surface area contributed by atoms with Crippen molar-refractivity contribution in [3.63, 3.8) is 0 Å². The predicted molar refractivity (Wildman–Crippen MR) is 85.2 cm³/mol. The standard InChI is InChI=1S/C10H22N2O.C4H9NO.CH4/c1-2-3-4-5-11-10-12-6-8-13-9-7-12;1-3-6-4-2-5-1;/h11H,2-10H2,1H3;5H,1-4H2;1H4.